The molecule has 15 nitrogen and oxygen atoms in total. The van der Waals surface area contributed by atoms with Crippen molar-refractivity contribution in [3.05, 3.63) is 35.9 Å². The molecule has 7 atom stereocenters. The fourth-order valence-electron chi connectivity index (χ4n) is 4.84. The third-order valence-corrected chi connectivity index (χ3v) is 8.68. The molecule has 0 spiro atoms. The highest BCUT2D eigenvalue weighted by atomic mass is 32.2. The summed E-state index contributed by atoms with van der Waals surface area (Å²) in [5.74, 6) is -5.96. The van der Waals surface area contributed by atoms with Gasteiger partial charge in [0.1, 0.15) is 30.2 Å². The number of carbonyl (C=O) groups is 7. The summed E-state index contributed by atoms with van der Waals surface area (Å²) >= 11 is 1.53. The number of thioether (sulfide) groups is 1. The molecule has 0 heterocycles. The standard InChI is InChI=1S/C34H54N6O9S/c1-7-20(4)28(34(48)49)40-29(43)21(5)36-31(45)24(13-14-27(41)42)37-32(46)25(17-19(2)3)39-33(47)26(18-22-11-9-8-10-12-22)38-30(44)23(35)15-16-50-6/h8-12,19-21,23-26,28H,7,13-18,35H2,1-6H3,(H,36,45)(H,37,46)(H,38,44)(H,39,47)(H,40,43)(H,41,42)(H,48,49)/t20-,21-,23-,24-,25-,26-,28-/m1/s1. The van der Waals surface area contributed by atoms with Gasteiger partial charge in [0.15, 0.2) is 0 Å². The van der Waals surface area contributed by atoms with Crippen LogP contribution in [0.1, 0.15) is 72.3 Å². The number of nitrogens with one attached hydrogen (secondary N) is 5. The summed E-state index contributed by atoms with van der Waals surface area (Å²) in [7, 11) is 0. The molecule has 9 N–H and O–H groups in total. The first-order valence-electron chi connectivity index (χ1n) is 16.7. The van der Waals surface area contributed by atoms with Crippen LogP contribution in [-0.2, 0) is 40.0 Å². The molecule has 0 fully saturated rings. The largest absolute Gasteiger partial charge is 0.481 e. The van der Waals surface area contributed by atoms with E-state index in [9.17, 15) is 43.8 Å². The van der Waals surface area contributed by atoms with Gasteiger partial charge < -0.3 is 42.5 Å². The summed E-state index contributed by atoms with van der Waals surface area (Å²) in [5, 5.41) is 31.6. The second-order valence-electron chi connectivity index (χ2n) is 12.8. The molecule has 280 valence electrons. The highest BCUT2D eigenvalue weighted by Gasteiger charge is 2.33. The quantitative estimate of drug-likeness (QED) is 0.0785. The third kappa shape index (κ3) is 16.0. The van der Waals surface area contributed by atoms with Crippen molar-refractivity contribution in [2.24, 2.45) is 17.6 Å². The molecule has 50 heavy (non-hydrogen) atoms. The molecule has 0 unspecified atom stereocenters. The number of carboxylic acid groups (broad SMARTS) is 2. The Morgan fingerprint density at radius 2 is 1.30 bits per heavy atom. The van der Waals surface area contributed by atoms with Crippen molar-refractivity contribution in [2.45, 2.75) is 109 Å². The van der Waals surface area contributed by atoms with Crippen LogP contribution in [0.15, 0.2) is 30.3 Å². The highest BCUT2D eigenvalue weighted by molar-refractivity contribution is 7.98. The Bertz CT molecular complexity index is 1300. The molecule has 0 aliphatic rings. The summed E-state index contributed by atoms with van der Waals surface area (Å²) in [6, 6.07) is 1.98. The van der Waals surface area contributed by atoms with E-state index in [1.807, 2.05) is 26.2 Å². The predicted octanol–water partition coefficient (Wildman–Crippen LogP) is 0.795. The Kier molecular flexibility index (Phi) is 19.7. The number of nitrogens with two attached hydrogens (primary N) is 1. The first-order valence-corrected chi connectivity index (χ1v) is 18.1. The van der Waals surface area contributed by atoms with Crippen LogP contribution in [0, 0.1) is 11.8 Å². The highest BCUT2D eigenvalue weighted by Crippen LogP contribution is 2.11. The van der Waals surface area contributed by atoms with Gasteiger partial charge >= 0.3 is 11.9 Å². The van der Waals surface area contributed by atoms with Gasteiger partial charge in [0.25, 0.3) is 0 Å². The summed E-state index contributed by atoms with van der Waals surface area (Å²) in [6.45, 7) is 8.39. The first-order chi connectivity index (χ1) is 23.5. The third-order valence-electron chi connectivity index (χ3n) is 8.03. The van der Waals surface area contributed by atoms with E-state index in [0.29, 0.717) is 18.6 Å². The van der Waals surface area contributed by atoms with Crippen LogP contribution in [0.4, 0.5) is 0 Å². The Morgan fingerprint density at radius 3 is 1.84 bits per heavy atom. The Labute approximate surface area is 298 Å². The van der Waals surface area contributed by atoms with Gasteiger partial charge in [-0.1, -0.05) is 64.4 Å². The number of hydrogen-bond donors (Lipinski definition) is 8. The van der Waals surface area contributed by atoms with E-state index >= 15 is 0 Å². The fourth-order valence-corrected chi connectivity index (χ4v) is 5.33. The second-order valence-corrected chi connectivity index (χ2v) is 13.7. The lowest BCUT2D eigenvalue weighted by atomic mass is 9.99. The number of carbonyl (C=O) groups excluding carboxylic acids is 5. The minimum atomic E-state index is -1.42. The predicted molar refractivity (Wildman–Crippen MR) is 190 cm³/mol. The minimum Gasteiger partial charge on any atom is -0.481 e. The summed E-state index contributed by atoms with van der Waals surface area (Å²) < 4.78 is 0. The zero-order valence-electron chi connectivity index (χ0n) is 29.7. The fraction of sp³-hybridized carbons (Fsp3) is 0.618. The summed E-state index contributed by atoms with van der Waals surface area (Å²) in [4.78, 5) is 89.4. The SMILES string of the molecule is CC[C@@H](C)[C@@H](NC(=O)[C@@H](C)NC(=O)[C@@H](CCC(=O)O)NC(=O)[C@@H](CC(C)C)NC(=O)[C@@H](Cc1ccccc1)NC(=O)[C@H](N)CCSC)C(=O)O. The molecule has 0 radical (unpaired) electrons. The Hall–Kier alpha value is -4.18. The van der Waals surface area contributed by atoms with Crippen LogP contribution in [0.3, 0.4) is 0 Å². The van der Waals surface area contributed by atoms with Gasteiger partial charge in [0.2, 0.25) is 29.5 Å². The topological polar surface area (TPSA) is 246 Å². The van der Waals surface area contributed by atoms with E-state index < -0.39 is 90.1 Å². The van der Waals surface area contributed by atoms with E-state index in [2.05, 4.69) is 26.6 Å². The molecule has 0 aliphatic heterocycles. The summed E-state index contributed by atoms with van der Waals surface area (Å²) in [6.07, 6.45) is 2.15. The van der Waals surface area contributed by atoms with E-state index in [1.165, 1.54) is 18.7 Å². The first kappa shape index (κ1) is 43.8. The molecule has 1 aromatic rings. The van der Waals surface area contributed by atoms with E-state index in [0.717, 1.165) is 5.56 Å². The molecular weight excluding hydrogens is 668 g/mol. The smallest absolute Gasteiger partial charge is 0.326 e. The van der Waals surface area contributed by atoms with Crippen LogP contribution in [-0.4, -0.2) is 99.9 Å². The van der Waals surface area contributed by atoms with Gasteiger partial charge in [0.05, 0.1) is 6.04 Å². The maximum absolute atomic E-state index is 13.7. The van der Waals surface area contributed by atoms with Crippen LogP contribution < -0.4 is 32.3 Å². The van der Waals surface area contributed by atoms with Gasteiger partial charge in [-0.25, -0.2) is 4.79 Å². The molecule has 0 bridgehead atoms. The number of rotatable bonds is 23. The monoisotopic (exact) mass is 722 g/mol. The van der Waals surface area contributed by atoms with Crippen LogP contribution in [0.25, 0.3) is 0 Å². The van der Waals surface area contributed by atoms with Crippen molar-refractivity contribution in [3.8, 4) is 0 Å². The Morgan fingerprint density at radius 1 is 0.740 bits per heavy atom. The van der Waals surface area contributed by atoms with Crippen molar-refractivity contribution >= 4 is 53.2 Å². The summed E-state index contributed by atoms with van der Waals surface area (Å²) in [5.41, 5.74) is 6.80. The van der Waals surface area contributed by atoms with Crippen molar-refractivity contribution in [2.75, 3.05) is 12.0 Å². The molecule has 0 saturated heterocycles. The van der Waals surface area contributed by atoms with Crippen molar-refractivity contribution in [1.82, 2.24) is 26.6 Å². The lowest BCUT2D eigenvalue weighted by Crippen LogP contribution is -2.59. The average molecular weight is 723 g/mol. The molecule has 16 heteroatoms. The molecule has 0 aromatic heterocycles. The number of benzene rings is 1. The molecule has 0 aliphatic carbocycles. The Balaban J connectivity index is 3.21. The van der Waals surface area contributed by atoms with Gasteiger partial charge in [-0.05, 0) is 55.6 Å². The lowest BCUT2D eigenvalue weighted by molar-refractivity contribution is -0.143. The van der Waals surface area contributed by atoms with Crippen LogP contribution in [0.5, 0.6) is 0 Å². The zero-order chi connectivity index (χ0) is 38.0. The zero-order valence-corrected chi connectivity index (χ0v) is 30.5. The van der Waals surface area contributed by atoms with E-state index in [-0.39, 0.29) is 25.2 Å². The number of amides is 5. The van der Waals surface area contributed by atoms with Gasteiger partial charge in [-0.3, -0.25) is 28.8 Å². The van der Waals surface area contributed by atoms with Crippen LogP contribution in [0.2, 0.25) is 0 Å². The van der Waals surface area contributed by atoms with Crippen molar-refractivity contribution in [1.29, 1.82) is 0 Å². The van der Waals surface area contributed by atoms with Gasteiger partial charge in [-0.2, -0.15) is 11.8 Å². The number of hydrogen-bond acceptors (Lipinski definition) is 9. The maximum Gasteiger partial charge on any atom is 0.326 e. The lowest BCUT2D eigenvalue weighted by Gasteiger charge is -2.27. The maximum atomic E-state index is 13.7. The molecule has 5 amide bonds. The molecule has 1 rings (SSSR count). The van der Waals surface area contributed by atoms with Gasteiger partial charge in [-0.15, -0.1) is 0 Å². The second kappa shape index (κ2) is 22.5. The van der Waals surface area contributed by atoms with E-state index in [1.54, 1.807) is 38.1 Å². The normalized spacial score (nSPS) is 15.3. The molecular formula is C34H54N6O9S. The van der Waals surface area contributed by atoms with Crippen molar-refractivity contribution in [3.63, 3.8) is 0 Å². The van der Waals surface area contributed by atoms with Crippen molar-refractivity contribution < 1.29 is 43.8 Å². The number of carboxylic acids is 2. The van der Waals surface area contributed by atoms with Gasteiger partial charge in [0, 0.05) is 12.8 Å². The molecule has 1 aromatic carbocycles. The number of aliphatic carboxylic acids is 2. The minimum absolute atomic E-state index is 0.104. The van der Waals surface area contributed by atoms with Crippen LogP contribution >= 0.6 is 11.8 Å². The molecule has 0 saturated carbocycles. The average Bonchev–Trinajstić information content (AvgIpc) is 3.06. The van der Waals surface area contributed by atoms with E-state index in [4.69, 9.17) is 5.73 Å².